The van der Waals surface area contributed by atoms with E-state index in [4.69, 9.17) is 0 Å². The van der Waals surface area contributed by atoms with Gasteiger partial charge in [-0.15, -0.1) is 11.3 Å². The highest BCUT2D eigenvalue weighted by molar-refractivity contribution is 7.13. The highest BCUT2D eigenvalue weighted by Crippen LogP contribution is 2.30. The van der Waals surface area contributed by atoms with Gasteiger partial charge in [-0.1, -0.05) is 0 Å². The Morgan fingerprint density at radius 3 is 2.87 bits per heavy atom. The monoisotopic (exact) mass is 421 g/mol. The smallest absolute Gasteiger partial charge is 0.229 e. The first kappa shape index (κ1) is 20.0. The molecule has 1 unspecified atom stereocenters. The van der Waals surface area contributed by atoms with Crippen LogP contribution in [0.3, 0.4) is 0 Å². The summed E-state index contributed by atoms with van der Waals surface area (Å²) in [5.41, 5.74) is 3.61. The molecule has 1 atom stereocenters. The number of nitrogens with one attached hydrogen (secondary N) is 4. The van der Waals surface area contributed by atoms with Gasteiger partial charge in [0.1, 0.15) is 16.9 Å². The van der Waals surface area contributed by atoms with Gasteiger partial charge in [0.25, 0.3) is 0 Å². The molecule has 1 aliphatic heterocycles. The zero-order valence-corrected chi connectivity index (χ0v) is 17.7. The topological polar surface area (TPSA) is 123 Å². The van der Waals surface area contributed by atoms with Crippen molar-refractivity contribution in [3.63, 3.8) is 0 Å². The van der Waals surface area contributed by atoms with E-state index < -0.39 is 0 Å². The Labute approximate surface area is 179 Å². The molecular formula is C20H23N9S. The van der Waals surface area contributed by atoms with E-state index in [-0.39, 0.29) is 6.04 Å². The molecule has 0 bridgehead atoms. The van der Waals surface area contributed by atoms with Gasteiger partial charge < -0.3 is 21.3 Å². The molecule has 10 heteroatoms. The molecule has 0 saturated carbocycles. The third kappa shape index (κ3) is 4.48. The minimum absolute atomic E-state index is 0.274. The number of rotatable bonds is 6. The molecule has 0 spiro atoms. The van der Waals surface area contributed by atoms with Gasteiger partial charge >= 0.3 is 0 Å². The number of hydrogen-bond acceptors (Lipinski definition) is 10. The van der Waals surface area contributed by atoms with Crippen molar-refractivity contribution in [3.8, 4) is 16.6 Å². The number of anilines is 4. The van der Waals surface area contributed by atoms with Crippen LogP contribution >= 0.6 is 11.3 Å². The summed E-state index contributed by atoms with van der Waals surface area (Å²) in [5.74, 6) is 1.13. The minimum atomic E-state index is 0.274. The van der Waals surface area contributed by atoms with Crippen LogP contribution in [-0.2, 0) is 0 Å². The lowest BCUT2D eigenvalue weighted by Crippen LogP contribution is -2.38. The third-order valence-electron chi connectivity index (χ3n) is 4.78. The fraction of sp³-hybridized carbons (Fsp3) is 0.350. The average Bonchev–Trinajstić information content (AvgIpc) is 3.20. The lowest BCUT2D eigenvalue weighted by molar-refractivity contribution is 0.480. The second-order valence-corrected chi connectivity index (χ2v) is 7.90. The van der Waals surface area contributed by atoms with Crippen LogP contribution in [-0.4, -0.2) is 46.1 Å². The summed E-state index contributed by atoms with van der Waals surface area (Å²) < 4.78 is 0. The van der Waals surface area contributed by atoms with Crippen molar-refractivity contribution >= 4 is 34.5 Å². The molecule has 4 rings (SSSR count). The van der Waals surface area contributed by atoms with Crippen LogP contribution in [0.25, 0.3) is 10.6 Å². The Morgan fingerprint density at radius 1 is 1.27 bits per heavy atom. The average molecular weight is 422 g/mol. The molecule has 9 nitrogen and oxygen atoms in total. The van der Waals surface area contributed by atoms with Crippen molar-refractivity contribution < 1.29 is 0 Å². The maximum atomic E-state index is 9.41. The van der Waals surface area contributed by atoms with Gasteiger partial charge in [0.15, 0.2) is 5.69 Å². The van der Waals surface area contributed by atoms with Gasteiger partial charge in [-0.3, -0.25) is 0 Å². The number of nitriles is 1. The minimum Gasteiger partial charge on any atom is -0.379 e. The van der Waals surface area contributed by atoms with E-state index in [0.29, 0.717) is 28.8 Å². The van der Waals surface area contributed by atoms with E-state index in [9.17, 15) is 5.26 Å². The van der Waals surface area contributed by atoms with Crippen molar-refractivity contribution in [2.45, 2.75) is 25.8 Å². The fourth-order valence-electron chi connectivity index (χ4n) is 3.32. The van der Waals surface area contributed by atoms with Gasteiger partial charge in [0.2, 0.25) is 5.95 Å². The van der Waals surface area contributed by atoms with Gasteiger partial charge in [0.05, 0.1) is 23.1 Å². The number of aromatic nitrogens is 4. The van der Waals surface area contributed by atoms with Gasteiger partial charge in [-0.05, 0) is 32.4 Å². The summed E-state index contributed by atoms with van der Waals surface area (Å²) in [5, 5.41) is 25.4. The first-order valence-electron chi connectivity index (χ1n) is 9.78. The van der Waals surface area contributed by atoms with E-state index in [1.807, 2.05) is 25.4 Å². The SMILES string of the molecule is CNc1nc(Nc2cnc(C#N)c(NC3CCCNC3)c2)ncc1-c1nc(C)cs1. The Morgan fingerprint density at radius 2 is 2.17 bits per heavy atom. The van der Waals surface area contributed by atoms with Crippen LogP contribution in [0.15, 0.2) is 23.8 Å². The molecule has 1 fully saturated rings. The standard InChI is InChI=1S/C20H23N9S/c1-12-11-30-19(26-12)15-10-25-20(29-18(15)22-2)28-14-6-16(17(7-21)24-9-14)27-13-4-3-5-23-8-13/h6,9-11,13,23,27H,3-5,8H2,1-2H3,(H2,22,25,28,29). The maximum Gasteiger partial charge on any atom is 0.229 e. The molecule has 0 radical (unpaired) electrons. The summed E-state index contributed by atoms with van der Waals surface area (Å²) in [4.78, 5) is 17.8. The molecule has 0 amide bonds. The van der Waals surface area contributed by atoms with Crippen molar-refractivity contribution in [1.29, 1.82) is 5.26 Å². The van der Waals surface area contributed by atoms with Crippen LogP contribution in [0.2, 0.25) is 0 Å². The van der Waals surface area contributed by atoms with E-state index in [2.05, 4.69) is 47.3 Å². The number of piperidine rings is 1. The van der Waals surface area contributed by atoms with Crippen molar-refractivity contribution in [2.24, 2.45) is 0 Å². The van der Waals surface area contributed by atoms with E-state index in [1.165, 1.54) is 0 Å². The molecule has 3 aromatic rings. The van der Waals surface area contributed by atoms with Crippen molar-refractivity contribution in [2.75, 3.05) is 36.1 Å². The molecular weight excluding hydrogens is 398 g/mol. The molecule has 0 aromatic carbocycles. The van der Waals surface area contributed by atoms with Crippen molar-refractivity contribution in [1.82, 2.24) is 25.3 Å². The van der Waals surface area contributed by atoms with E-state index in [0.717, 1.165) is 42.2 Å². The molecule has 0 aliphatic carbocycles. The molecule has 4 heterocycles. The summed E-state index contributed by atoms with van der Waals surface area (Å²) in [7, 11) is 1.82. The molecule has 1 saturated heterocycles. The normalized spacial score (nSPS) is 16.0. The number of thiazole rings is 1. The van der Waals surface area contributed by atoms with Crippen LogP contribution in [0.1, 0.15) is 24.2 Å². The Hall–Kier alpha value is -3.29. The molecule has 154 valence electrons. The van der Waals surface area contributed by atoms with E-state index >= 15 is 0 Å². The molecule has 4 N–H and O–H groups in total. The Kier molecular flexibility index (Phi) is 6.02. The molecule has 1 aliphatic rings. The first-order chi connectivity index (χ1) is 14.7. The fourth-order valence-corrected chi connectivity index (χ4v) is 4.13. The largest absolute Gasteiger partial charge is 0.379 e. The number of pyridine rings is 1. The Balaban J connectivity index is 1.56. The van der Waals surface area contributed by atoms with Crippen LogP contribution in [0.5, 0.6) is 0 Å². The van der Waals surface area contributed by atoms with E-state index in [1.54, 1.807) is 23.7 Å². The lowest BCUT2D eigenvalue weighted by Gasteiger charge is -2.25. The van der Waals surface area contributed by atoms with Gasteiger partial charge in [-0.2, -0.15) is 10.2 Å². The molecule has 30 heavy (non-hydrogen) atoms. The first-order valence-corrected chi connectivity index (χ1v) is 10.7. The highest BCUT2D eigenvalue weighted by Gasteiger charge is 2.16. The number of nitrogens with zero attached hydrogens (tertiary/aromatic N) is 5. The second-order valence-electron chi connectivity index (χ2n) is 7.04. The van der Waals surface area contributed by atoms with Crippen LogP contribution in [0, 0.1) is 18.3 Å². The zero-order valence-electron chi connectivity index (χ0n) is 16.9. The predicted molar refractivity (Wildman–Crippen MR) is 119 cm³/mol. The molecule has 3 aromatic heterocycles. The lowest BCUT2D eigenvalue weighted by atomic mass is 10.1. The van der Waals surface area contributed by atoms with Crippen LogP contribution in [0.4, 0.5) is 23.1 Å². The second kappa shape index (κ2) is 9.02. The van der Waals surface area contributed by atoms with Crippen LogP contribution < -0.4 is 21.3 Å². The number of hydrogen-bond donors (Lipinski definition) is 4. The quantitative estimate of drug-likeness (QED) is 0.475. The summed E-state index contributed by atoms with van der Waals surface area (Å²) in [6.45, 7) is 3.86. The summed E-state index contributed by atoms with van der Waals surface area (Å²) in [6, 6.07) is 4.30. The zero-order chi connectivity index (χ0) is 20.9. The third-order valence-corrected chi connectivity index (χ3v) is 5.77. The van der Waals surface area contributed by atoms with Gasteiger partial charge in [-0.25, -0.2) is 15.0 Å². The Bertz CT molecular complexity index is 1070. The maximum absolute atomic E-state index is 9.41. The summed E-state index contributed by atoms with van der Waals surface area (Å²) >= 11 is 1.56. The predicted octanol–water partition coefficient (Wildman–Crippen LogP) is 3.12. The summed E-state index contributed by atoms with van der Waals surface area (Å²) in [6.07, 6.45) is 5.53. The van der Waals surface area contributed by atoms with Gasteiger partial charge in [0, 0.05) is 36.9 Å². The highest BCUT2D eigenvalue weighted by atomic mass is 32.1. The number of aryl methyl sites for hydroxylation is 1. The van der Waals surface area contributed by atoms with Crippen molar-refractivity contribution in [3.05, 3.63) is 35.2 Å².